The number of nitrogens with zero attached hydrogens (tertiary/aromatic N) is 1. The molecule has 0 unspecified atom stereocenters. The number of amides is 1. The van der Waals surface area contributed by atoms with E-state index in [0.29, 0.717) is 17.0 Å². The highest BCUT2D eigenvalue weighted by Crippen LogP contribution is 2.35. The Kier molecular flexibility index (Phi) is 7.40. The van der Waals surface area contributed by atoms with Gasteiger partial charge >= 0.3 is 0 Å². The molecule has 0 saturated carbocycles. The van der Waals surface area contributed by atoms with Crippen molar-refractivity contribution in [2.75, 3.05) is 18.2 Å². The van der Waals surface area contributed by atoms with Gasteiger partial charge in [-0.2, -0.15) is 4.98 Å². The monoisotopic (exact) mass is 558 g/mol. The Morgan fingerprint density at radius 1 is 1.03 bits per heavy atom. The molecule has 0 saturated heterocycles. The lowest BCUT2D eigenvalue weighted by atomic mass is 10.2. The molecule has 1 amide bonds. The average Bonchev–Trinajstić information content (AvgIpc) is 3.29. The van der Waals surface area contributed by atoms with E-state index in [2.05, 4.69) is 26.2 Å². The molecule has 0 atom stereocenters. The second kappa shape index (κ2) is 10.5. The molecule has 1 heterocycles. The Balaban J connectivity index is 1.63. The largest absolute Gasteiger partial charge is 0.495 e. The summed E-state index contributed by atoms with van der Waals surface area (Å²) in [7, 11) is -2.48. The van der Waals surface area contributed by atoms with Gasteiger partial charge in [-0.05, 0) is 48.5 Å². The molecule has 1 N–H and O–H groups in total. The second-order valence-electron chi connectivity index (χ2n) is 6.97. The molecule has 0 radical (unpaired) electrons. The number of sulfone groups is 1. The molecule has 4 aromatic rings. The quantitative estimate of drug-likeness (QED) is 0.278. The molecule has 1 aromatic heterocycles. The number of nitrogens with one attached hydrogen (secondary N) is 1. The highest BCUT2D eigenvalue weighted by Gasteiger charge is 2.29. The van der Waals surface area contributed by atoms with Crippen molar-refractivity contribution in [3.8, 4) is 17.2 Å². The molecule has 7 nitrogen and oxygen atoms in total. The van der Waals surface area contributed by atoms with Crippen LogP contribution in [-0.2, 0) is 14.6 Å². The second-order valence-corrected chi connectivity index (χ2v) is 10.7. The molecule has 3 aromatic carbocycles. The summed E-state index contributed by atoms with van der Waals surface area (Å²) in [6, 6.07) is 22.2. The number of thioether (sulfide) groups is 1. The fourth-order valence-electron chi connectivity index (χ4n) is 3.05. The van der Waals surface area contributed by atoms with Crippen LogP contribution in [0.15, 0.2) is 103 Å². The molecule has 4 rings (SSSR count). The van der Waals surface area contributed by atoms with Crippen LogP contribution in [0.1, 0.15) is 0 Å². The number of oxazole rings is 1. The van der Waals surface area contributed by atoms with Gasteiger partial charge in [-0.3, -0.25) is 4.79 Å². The van der Waals surface area contributed by atoms with E-state index >= 15 is 0 Å². The average molecular weight is 559 g/mol. The van der Waals surface area contributed by atoms with Crippen LogP contribution in [0.2, 0.25) is 0 Å². The molecule has 0 aliphatic heterocycles. The van der Waals surface area contributed by atoms with Crippen LogP contribution < -0.4 is 10.1 Å². The van der Waals surface area contributed by atoms with Crippen molar-refractivity contribution >= 4 is 49.1 Å². The zero-order chi connectivity index (χ0) is 24.1. The van der Waals surface area contributed by atoms with Gasteiger partial charge in [-0.15, -0.1) is 0 Å². The molecule has 34 heavy (non-hydrogen) atoms. The maximum atomic E-state index is 13.4. The lowest BCUT2D eigenvalue weighted by Crippen LogP contribution is -2.15. The fraction of sp³-hybridized carbons (Fsp3) is 0.0833. The number of anilines is 1. The summed E-state index contributed by atoms with van der Waals surface area (Å²) < 4.78 is 38.6. The number of para-hydroxylation sites is 2. The third kappa shape index (κ3) is 5.35. The summed E-state index contributed by atoms with van der Waals surface area (Å²) in [5, 5.41) is 2.57. The smallest absolute Gasteiger partial charge is 0.234 e. The lowest BCUT2D eigenvalue weighted by molar-refractivity contribution is -0.113. The SMILES string of the molecule is COc1ccccc1NC(=O)CSc1oc(-c2ccccc2)nc1S(=O)(=O)c1ccc(Br)cc1. The topological polar surface area (TPSA) is 98.5 Å². The predicted molar refractivity (Wildman–Crippen MR) is 134 cm³/mol. The Labute approximate surface area is 209 Å². The molecule has 10 heteroatoms. The maximum absolute atomic E-state index is 13.4. The van der Waals surface area contributed by atoms with Gasteiger partial charge < -0.3 is 14.5 Å². The van der Waals surface area contributed by atoms with Gasteiger partial charge in [-0.1, -0.05) is 58.0 Å². The number of benzene rings is 3. The number of hydrogen-bond donors (Lipinski definition) is 1. The van der Waals surface area contributed by atoms with E-state index < -0.39 is 9.84 Å². The molecular weight excluding hydrogens is 540 g/mol. The third-order valence-electron chi connectivity index (χ3n) is 4.68. The highest BCUT2D eigenvalue weighted by atomic mass is 79.9. The van der Waals surface area contributed by atoms with E-state index in [9.17, 15) is 13.2 Å². The normalized spacial score (nSPS) is 11.2. The predicted octanol–water partition coefficient (Wildman–Crippen LogP) is 5.68. The number of ether oxygens (including phenoxy) is 1. The summed E-state index contributed by atoms with van der Waals surface area (Å²) >= 11 is 4.27. The Morgan fingerprint density at radius 3 is 2.41 bits per heavy atom. The molecule has 0 spiro atoms. The summed E-state index contributed by atoms with van der Waals surface area (Å²) in [5.41, 5.74) is 1.14. The van der Waals surface area contributed by atoms with Crippen molar-refractivity contribution in [1.82, 2.24) is 4.98 Å². The first-order valence-electron chi connectivity index (χ1n) is 10.0. The van der Waals surface area contributed by atoms with E-state index in [1.54, 1.807) is 60.7 Å². The summed E-state index contributed by atoms with van der Waals surface area (Å²) in [5.74, 6) is 0.234. The summed E-state index contributed by atoms with van der Waals surface area (Å²) in [4.78, 5) is 17.0. The van der Waals surface area contributed by atoms with Crippen molar-refractivity contribution in [2.45, 2.75) is 15.0 Å². The zero-order valence-corrected chi connectivity index (χ0v) is 21.1. The minimum Gasteiger partial charge on any atom is -0.495 e. The summed E-state index contributed by atoms with van der Waals surface area (Å²) in [6.07, 6.45) is 0. The number of hydrogen-bond acceptors (Lipinski definition) is 7. The van der Waals surface area contributed by atoms with E-state index in [1.165, 1.54) is 19.2 Å². The molecule has 0 aliphatic carbocycles. The van der Waals surface area contributed by atoms with Crippen LogP contribution in [0.4, 0.5) is 5.69 Å². The van der Waals surface area contributed by atoms with Gasteiger partial charge in [0, 0.05) is 10.0 Å². The van der Waals surface area contributed by atoms with Gasteiger partial charge in [0.15, 0.2) is 0 Å². The minimum atomic E-state index is -3.99. The molecular formula is C24H19BrN2O5S2. The van der Waals surface area contributed by atoms with Gasteiger partial charge in [0.1, 0.15) is 5.75 Å². The zero-order valence-electron chi connectivity index (χ0n) is 17.9. The number of carbonyl (C=O) groups is 1. The van der Waals surface area contributed by atoms with Crippen molar-refractivity contribution < 1.29 is 22.4 Å². The van der Waals surface area contributed by atoms with Crippen molar-refractivity contribution in [1.29, 1.82) is 0 Å². The summed E-state index contributed by atoms with van der Waals surface area (Å²) in [6.45, 7) is 0. The van der Waals surface area contributed by atoms with Crippen molar-refractivity contribution in [2.24, 2.45) is 0 Å². The first-order chi connectivity index (χ1) is 16.4. The van der Waals surface area contributed by atoms with Crippen LogP contribution in [0, 0.1) is 0 Å². The van der Waals surface area contributed by atoms with Crippen LogP contribution >= 0.6 is 27.7 Å². The first kappa shape index (κ1) is 24.1. The molecule has 0 bridgehead atoms. The molecule has 174 valence electrons. The van der Waals surface area contributed by atoms with Gasteiger partial charge in [0.25, 0.3) is 0 Å². The van der Waals surface area contributed by atoms with Gasteiger partial charge in [-0.25, -0.2) is 8.42 Å². The van der Waals surface area contributed by atoms with Crippen LogP contribution in [0.5, 0.6) is 5.75 Å². The number of rotatable bonds is 8. The Hall–Kier alpha value is -3.08. The number of halogens is 1. The van der Waals surface area contributed by atoms with E-state index in [1.807, 2.05) is 6.07 Å². The Morgan fingerprint density at radius 2 is 1.71 bits per heavy atom. The fourth-order valence-corrected chi connectivity index (χ4v) is 5.64. The van der Waals surface area contributed by atoms with E-state index in [0.717, 1.165) is 16.2 Å². The molecule has 0 aliphatic rings. The maximum Gasteiger partial charge on any atom is 0.234 e. The van der Waals surface area contributed by atoms with Gasteiger partial charge in [0.2, 0.25) is 31.8 Å². The van der Waals surface area contributed by atoms with E-state index in [4.69, 9.17) is 9.15 Å². The number of carbonyl (C=O) groups excluding carboxylic acids is 1. The van der Waals surface area contributed by atoms with Crippen LogP contribution in [-0.4, -0.2) is 32.2 Å². The van der Waals surface area contributed by atoms with Crippen LogP contribution in [0.3, 0.4) is 0 Å². The number of methoxy groups -OCH3 is 1. The van der Waals surface area contributed by atoms with E-state index in [-0.39, 0.29) is 32.6 Å². The standard InChI is InChI=1S/C24H19BrN2O5S2/c1-31-20-10-6-5-9-19(20)26-21(28)15-33-24-23(27-22(32-24)16-7-3-2-4-8-16)34(29,30)18-13-11-17(25)12-14-18/h2-14H,15H2,1H3,(H,26,28). The lowest BCUT2D eigenvalue weighted by Gasteiger charge is -2.09. The Bertz CT molecular complexity index is 1410. The van der Waals surface area contributed by atoms with Crippen molar-refractivity contribution in [3.05, 3.63) is 83.3 Å². The number of aromatic nitrogens is 1. The first-order valence-corrected chi connectivity index (χ1v) is 13.3. The van der Waals surface area contributed by atoms with Crippen LogP contribution in [0.25, 0.3) is 11.5 Å². The van der Waals surface area contributed by atoms with Gasteiger partial charge in [0.05, 0.1) is 23.4 Å². The molecule has 0 fully saturated rings. The highest BCUT2D eigenvalue weighted by molar-refractivity contribution is 9.10. The third-order valence-corrected chi connectivity index (χ3v) is 7.96. The minimum absolute atomic E-state index is 0.0388. The van der Waals surface area contributed by atoms with Crippen molar-refractivity contribution in [3.63, 3.8) is 0 Å².